The number of carbonyl (C=O) groups excluding carboxylic acids is 1. The minimum atomic E-state index is -0.287. The third-order valence-electron chi connectivity index (χ3n) is 2.85. The van der Waals surface area contributed by atoms with Crippen molar-refractivity contribution in [3.8, 4) is 5.75 Å². The van der Waals surface area contributed by atoms with Crippen LogP contribution in [0.25, 0.3) is 0 Å². The van der Waals surface area contributed by atoms with Crippen LogP contribution in [0.15, 0.2) is 18.2 Å². The highest BCUT2D eigenvalue weighted by molar-refractivity contribution is 6.02. The molecule has 1 aliphatic carbocycles. The summed E-state index contributed by atoms with van der Waals surface area (Å²) in [5.74, 6) is 0.869. The van der Waals surface area contributed by atoms with Crippen molar-refractivity contribution in [1.29, 1.82) is 0 Å². The van der Waals surface area contributed by atoms with Gasteiger partial charge in [-0.3, -0.25) is 4.79 Å². The molecule has 0 saturated heterocycles. The average molecular weight is 206 g/mol. The van der Waals surface area contributed by atoms with Crippen LogP contribution in [0.5, 0.6) is 5.75 Å². The largest absolute Gasteiger partial charge is 0.496 e. The van der Waals surface area contributed by atoms with Gasteiger partial charge in [0, 0.05) is 18.2 Å². The van der Waals surface area contributed by atoms with Crippen LogP contribution < -0.4 is 4.74 Å². The fraction of sp³-hybridized carbons (Fsp3) is 0.417. The minimum Gasteiger partial charge on any atom is -0.496 e. The Morgan fingerprint density at radius 3 is 2.80 bits per heavy atom. The van der Waals surface area contributed by atoms with Gasteiger partial charge < -0.3 is 9.47 Å². The molecule has 0 radical (unpaired) electrons. The summed E-state index contributed by atoms with van der Waals surface area (Å²) in [6.07, 6.45) is 1.29. The lowest BCUT2D eigenvalue weighted by atomic mass is 9.88. The first-order valence-corrected chi connectivity index (χ1v) is 5.00. The van der Waals surface area contributed by atoms with Crippen molar-refractivity contribution in [3.05, 3.63) is 29.3 Å². The number of fused-ring (bicyclic) bond motifs is 1. The quantitative estimate of drug-likeness (QED) is 0.740. The molecule has 0 bridgehead atoms. The Morgan fingerprint density at radius 2 is 2.13 bits per heavy atom. The number of hydrogen-bond donors (Lipinski definition) is 0. The van der Waals surface area contributed by atoms with Crippen molar-refractivity contribution in [1.82, 2.24) is 0 Å². The Labute approximate surface area is 89.0 Å². The maximum absolute atomic E-state index is 11.9. The molecule has 3 nitrogen and oxygen atoms in total. The van der Waals surface area contributed by atoms with Gasteiger partial charge in [-0.15, -0.1) is 0 Å². The summed E-state index contributed by atoms with van der Waals surface area (Å²) in [5, 5.41) is 0. The van der Waals surface area contributed by atoms with Crippen molar-refractivity contribution >= 4 is 5.78 Å². The van der Waals surface area contributed by atoms with Crippen molar-refractivity contribution < 1.29 is 14.3 Å². The first-order chi connectivity index (χ1) is 7.27. The molecule has 2 rings (SSSR count). The number of carbonyl (C=O) groups is 1. The van der Waals surface area contributed by atoms with E-state index in [-0.39, 0.29) is 11.9 Å². The summed E-state index contributed by atoms with van der Waals surface area (Å²) in [6.45, 7) is 0. The summed E-state index contributed by atoms with van der Waals surface area (Å²) in [7, 11) is 3.20. The Kier molecular flexibility index (Phi) is 2.73. The molecule has 0 N–H and O–H groups in total. The molecule has 0 aromatic heterocycles. The van der Waals surface area contributed by atoms with Crippen LogP contribution in [0, 0.1) is 0 Å². The lowest BCUT2D eigenvalue weighted by molar-refractivity contribution is 0.0558. The SMILES string of the molecule is COc1cccc2c1CCC(OC)C2=O. The first-order valence-electron chi connectivity index (χ1n) is 5.00. The van der Waals surface area contributed by atoms with Crippen molar-refractivity contribution in [3.63, 3.8) is 0 Å². The van der Waals surface area contributed by atoms with E-state index in [4.69, 9.17) is 9.47 Å². The van der Waals surface area contributed by atoms with Crippen molar-refractivity contribution in [2.24, 2.45) is 0 Å². The zero-order valence-corrected chi connectivity index (χ0v) is 8.95. The van der Waals surface area contributed by atoms with Gasteiger partial charge in [0.2, 0.25) is 0 Å². The Balaban J connectivity index is 2.45. The van der Waals surface area contributed by atoms with E-state index in [2.05, 4.69) is 0 Å². The molecule has 0 heterocycles. The van der Waals surface area contributed by atoms with E-state index in [1.54, 1.807) is 14.2 Å². The molecule has 0 amide bonds. The molecule has 0 aliphatic heterocycles. The number of benzene rings is 1. The summed E-state index contributed by atoms with van der Waals surface area (Å²) < 4.78 is 10.4. The van der Waals surface area contributed by atoms with E-state index in [9.17, 15) is 4.79 Å². The van der Waals surface area contributed by atoms with E-state index >= 15 is 0 Å². The van der Waals surface area contributed by atoms with Crippen LogP contribution in [-0.4, -0.2) is 26.1 Å². The monoisotopic (exact) mass is 206 g/mol. The van der Waals surface area contributed by atoms with Gasteiger partial charge in [-0.2, -0.15) is 0 Å². The highest BCUT2D eigenvalue weighted by Gasteiger charge is 2.28. The van der Waals surface area contributed by atoms with Crippen molar-refractivity contribution in [2.45, 2.75) is 18.9 Å². The lowest BCUT2D eigenvalue weighted by Gasteiger charge is -2.23. The molecular weight excluding hydrogens is 192 g/mol. The van der Waals surface area contributed by atoms with E-state index < -0.39 is 0 Å². The Morgan fingerprint density at radius 1 is 1.33 bits per heavy atom. The summed E-state index contributed by atoms with van der Waals surface area (Å²) in [6, 6.07) is 5.57. The van der Waals surface area contributed by atoms with Gasteiger partial charge in [0.15, 0.2) is 5.78 Å². The van der Waals surface area contributed by atoms with E-state index in [1.165, 1.54) is 0 Å². The first kappa shape index (κ1) is 10.2. The molecule has 1 aromatic carbocycles. The number of methoxy groups -OCH3 is 2. The predicted molar refractivity (Wildman–Crippen MR) is 56.4 cm³/mol. The minimum absolute atomic E-state index is 0.0673. The molecule has 0 spiro atoms. The van der Waals surface area contributed by atoms with Gasteiger partial charge in [-0.1, -0.05) is 12.1 Å². The molecule has 1 aromatic rings. The highest BCUT2D eigenvalue weighted by Crippen LogP contribution is 2.30. The lowest BCUT2D eigenvalue weighted by Crippen LogP contribution is -2.29. The van der Waals surface area contributed by atoms with E-state index in [1.807, 2.05) is 18.2 Å². The molecule has 80 valence electrons. The third-order valence-corrected chi connectivity index (χ3v) is 2.85. The topological polar surface area (TPSA) is 35.5 Å². The number of rotatable bonds is 2. The smallest absolute Gasteiger partial charge is 0.191 e. The number of ether oxygens (including phenoxy) is 2. The van der Waals surface area contributed by atoms with Gasteiger partial charge >= 0.3 is 0 Å². The summed E-state index contributed by atoms with van der Waals surface area (Å²) >= 11 is 0. The molecule has 0 fully saturated rings. The molecule has 1 atom stereocenters. The summed E-state index contributed by atoms with van der Waals surface area (Å²) in [4.78, 5) is 11.9. The van der Waals surface area contributed by atoms with Crippen LogP contribution in [0.3, 0.4) is 0 Å². The third kappa shape index (κ3) is 1.63. The molecule has 1 unspecified atom stereocenters. The van der Waals surface area contributed by atoms with Gasteiger partial charge in [-0.05, 0) is 18.9 Å². The van der Waals surface area contributed by atoms with E-state index in [0.717, 1.165) is 29.7 Å². The highest BCUT2D eigenvalue weighted by atomic mass is 16.5. The zero-order chi connectivity index (χ0) is 10.8. The summed E-state index contributed by atoms with van der Waals surface area (Å²) in [5.41, 5.74) is 1.76. The van der Waals surface area contributed by atoms with Gasteiger partial charge in [0.1, 0.15) is 11.9 Å². The Hall–Kier alpha value is -1.35. The standard InChI is InChI=1S/C12H14O3/c1-14-10-5-3-4-9-8(10)6-7-11(15-2)12(9)13/h3-5,11H,6-7H2,1-2H3. The fourth-order valence-corrected chi connectivity index (χ4v) is 2.05. The number of ketones is 1. The Bertz CT molecular complexity index is 384. The second-order valence-electron chi connectivity index (χ2n) is 3.61. The predicted octanol–water partition coefficient (Wildman–Crippen LogP) is 1.84. The van der Waals surface area contributed by atoms with Crippen molar-refractivity contribution in [2.75, 3.05) is 14.2 Å². The number of hydrogen-bond acceptors (Lipinski definition) is 3. The molecule has 1 aliphatic rings. The molecule has 0 saturated carbocycles. The maximum Gasteiger partial charge on any atom is 0.191 e. The molecular formula is C12H14O3. The van der Waals surface area contributed by atoms with Crippen LogP contribution in [0.2, 0.25) is 0 Å². The van der Waals surface area contributed by atoms with Gasteiger partial charge in [0.05, 0.1) is 7.11 Å². The van der Waals surface area contributed by atoms with Crippen LogP contribution in [-0.2, 0) is 11.2 Å². The van der Waals surface area contributed by atoms with Crippen LogP contribution >= 0.6 is 0 Å². The van der Waals surface area contributed by atoms with Crippen LogP contribution in [0.4, 0.5) is 0 Å². The normalized spacial score (nSPS) is 19.9. The second kappa shape index (κ2) is 4.03. The maximum atomic E-state index is 11.9. The molecule has 15 heavy (non-hydrogen) atoms. The molecule has 3 heteroatoms. The van der Waals surface area contributed by atoms with Gasteiger partial charge in [0.25, 0.3) is 0 Å². The van der Waals surface area contributed by atoms with Crippen LogP contribution in [0.1, 0.15) is 22.3 Å². The number of Topliss-reactive ketones (excluding diaryl/α,β-unsaturated/α-hetero) is 1. The average Bonchev–Trinajstić information content (AvgIpc) is 2.29. The van der Waals surface area contributed by atoms with E-state index in [0.29, 0.717) is 0 Å². The van der Waals surface area contributed by atoms with Gasteiger partial charge in [-0.25, -0.2) is 0 Å². The second-order valence-corrected chi connectivity index (χ2v) is 3.61. The zero-order valence-electron chi connectivity index (χ0n) is 8.95. The fourth-order valence-electron chi connectivity index (χ4n) is 2.05.